The molecule has 4 aromatic rings. The number of hydrogen-bond acceptors (Lipinski definition) is 0. The zero-order valence-corrected chi connectivity index (χ0v) is 25.1. The quantitative estimate of drug-likeness (QED) is 0.243. The molecule has 0 aliphatic carbocycles. The molecule has 2 heterocycles. The SMILES string of the molecule is Cc1cc(C)c(-[b-]2ccccc2)c(C)c1.Cc1cc(C)c(-[b-]2ccccc2[Si](C)(C)C)c(C)c1.[Fe+2]. The molecule has 0 bridgehead atoms. The maximum atomic E-state index is 2.44. The first-order chi connectivity index (χ1) is 16.0. The molecule has 0 saturated heterocycles. The van der Waals surface area contributed by atoms with E-state index in [0.717, 1.165) is 0 Å². The average Bonchev–Trinajstić information content (AvgIpc) is 2.73. The van der Waals surface area contributed by atoms with Crippen LogP contribution in [0.1, 0.15) is 33.4 Å². The van der Waals surface area contributed by atoms with Gasteiger partial charge < -0.3 is 0 Å². The molecule has 0 fully saturated rings. The number of aryl methyl sites for hydroxylation is 6. The van der Waals surface area contributed by atoms with Crippen LogP contribution in [0.3, 0.4) is 0 Å². The summed E-state index contributed by atoms with van der Waals surface area (Å²) in [6.07, 6.45) is 0.938. The largest absolute Gasteiger partial charge is 2.00 e. The third kappa shape index (κ3) is 7.26. The zero-order valence-electron chi connectivity index (χ0n) is 23.0. The van der Waals surface area contributed by atoms with Crippen molar-refractivity contribution in [3.8, 4) is 10.9 Å². The van der Waals surface area contributed by atoms with Gasteiger partial charge in [-0.15, -0.1) is 24.3 Å². The van der Waals surface area contributed by atoms with Crippen LogP contribution in [0, 0.1) is 41.5 Å². The van der Waals surface area contributed by atoms with E-state index in [1.807, 2.05) is 0 Å². The van der Waals surface area contributed by atoms with E-state index in [1.54, 1.807) is 5.08 Å². The number of benzene rings is 2. The molecule has 0 aliphatic rings. The van der Waals surface area contributed by atoms with E-state index in [9.17, 15) is 0 Å². The van der Waals surface area contributed by atoms with Crippen molar-refractivity contribution < 1.29 is 17.1 Å². The Morgan fingerprint density at radius 1 is 0.543 bits per heavy atom. The molecule has 0 unspecified atom stereocenters. The van der Waals surface area contributed by atoms with Crippen LogP contribution in [-0.2, 0) is 17.1 Å². The summed E-state index contributed by atoms with van der Waals surface area (Å²) in [6, 6.07) is 22.3. The normalized spacial score (nSPS) is 10.8. The van der Waals surface area contributed by atoms with Crippen molar-refractivity contribution in [1.29, 1.82) is 0 Å². The van der Waals surface area contributed by atoms with Crippen molar-refractivity contribution in [2.24, 2.45) is 0 Å². The van der Waals surface area contributed by atoms with Crippen LogP contribution in [0.25, 0.3) is 10.9 Å². The van der Waals surface area contributed by atoms with E-state index >= 15 is 0 Å². The fraction of sp³-hybridized carbons (Fsp3) is 0.290. The predicted octanol–water partition coefficient (Wildman–Crippen LogP) is 7.80. The average molecular weight is 518 g/mol. The smallest absolute Gasteiger partial charge is 0.259 e. The molecule has 35 heavy (non-hydrogen) atoms. The second-order valence-electron chi connectivity index (χ2n) is 11.0. The van der Waals surface area contributed by atoms with Crippen molar-refractivity contribution in [2.75, 3.05) is 0 Å². The van der Waals surface area contributed by atoms with Crippen LogP contribution in [0.4, 0.5) is 0 Å². The zero-order chi connectivity index (χ0) is 25.0. The maximum absolute atomic E-state index is 2.44. The van der Waals surface area contributed by atoms with Crippen LogP contribution < -0.4 is 5.08 Å². The van der Waals surface area contributed by atoms with Gasteiger partial charge in [0.05, 0.1) is 0 Å². The first-order valence-electron chi connectivity index (χ1n) is 12.5. The van der Waals surface area contributed by atoms with Gasteiger partial charge in [0.2, 0.25) is 0 Å². The van der Waals surface area contributed by atoms with Crippen LogP contribution in [-0.4, -0.2) is 20.8 Å². The van der Waals surface area contributed by atoms with Gasteiger partial charge in [0.1, 0.15) is 0 Å². The molecule has 4 heteroatoms. The standard InChI is InChI=1S/C17H24BSi.C14H16B.Fe/c1-13-11-14(2)17(15(3)12-13)18-10-8-7-9-16(18)19(4,5)6;1-11-9-12(2)14(13(3)10-11)15-7-5-4-6-8-15;/h7-12H,1-6H3;4-10H,1-3H3;/q2*-1;+2. The van der Waals surface area contributed by atoms with E-state index in [4.69, 9.17) is 0 Å². The second-order valence-corrected chi connectivity index (χ2v) is 16.1. The number of rotatable bonds is 3. The molecule has 0 nitrogen and oxygen atoms in total. The minimum Gasteiger partial charge on any atom is -0.259 e. The van der Waals surface area contributed by atoms with Gasteiger partial charge in [-0.05, 0) is 41.5 Å². The minimum atomic E-state index is -1.28. The Labute approximate surface area is 226 Å². The second kappa shape index (κ2) is 12.3. The van der Waals surface area contributed by atoms with Gasteiger partial charge in [-0.3, -0.25) is 23.0 Å². The Bertz CT molecular complexity index is 1250. The molecule has 182 valence electrons. The molecule has 0 radical (unpaired) electrons. The monoisotopic (exact) mass is 518 g/mol. The molecule has 4 rings (SSSR count). The molecule has 0 saturated carbocycles. The van der Waals surface area contributed by atoms with E-state index < -0.39 is 8.07 Å². The van der Waals surface area contributed by atoms with E-state index in [2.05, 4.69) is 140 Å². The Morgan fingerprint density at radius 2 is 0.971 bits per heavy atom. The third-order valence-corrected chi connectivity index (χ3v) is 9.08. The van der Waals surface area contributed by atoms with Crippen molar-refractivity contribution in [2.45, 2.75) is 61.2 Å². The van der Waals surface area contributed by atoms with Crippen molar-refractivity contribution in [3.63, 3.8) is 0 Å². The van der Waals surface area contributed by atoms with Gasteiger partial charge in [0, 0.05) is 8.07 Å². The summed E-state index contributed by atoms with van der Waals surface area (Å²) < 4.78 is 0. The summed E-state index contributed by atoms with van der Waals surface area (Å²) in [4.78, 5) is 0. The molecule has 0 amide bonds. The van der Waals surface area contributed by atoms with Crippen LogP contribution in [0.15, 0.2) is 78.5 Å². The molecule has 0 spiro atoms. The summed E-state index contributed by atoms with van der Waals surface area (Å²) in [5, 5.41) is 1.64. The Kier molecular flexibility index (Phi) is 10.3. The van der Waals surface area contributed by atoms with Crippen molar-refractivity contribution in [3.05, 3.63) is 112 Å². The Morgan fingerprint density at radius 3 is 1.43 bits per heavy atom. The predicted molar refractivity (Wildman–Crippen MR) is 159 cm³/mol. The molecule has 2 aromatic heterocycles. The Balaban J connectivity index is 0.000000246. The molecule has 0 aliphatic heterocycles. The van der Waals surface area contributed by atoms with Gasteiger partial charge in [-0.1, -0.05) is 102 Å². The van der Waals surface area contributed by atoms with Gasteiger partial charge in [0.15, 0.2) is 0 Å². The van der Waals surface area contributed by atoms with Gasteiger partial charge in [-0.2, -0.15) is 0 Å². The fourth-order valence-corrected chi connectivity index (χ4v) is 7.37. The van der Waals surface area contributed by atoms with Crippen LogP contribution in [0.5, 0.6) is 0 Å². The summed E-state index contributed by atoms with van der Waals surface area (Å²) >= 11 is 0. The summed E-state index contributed by atoms with van der Waals surface area (Å²) in [5.74, 6) is 6.88. The molecular weight excluding hydrogens is 478 g/mol. The van der Waals surface area contributed by atoms with Gasteiger partial charge in [-0.25, -0.2) is 10.9 Å². The van der Waals surface area contributed by atoms with Crippen molar-refractivity contribution in [1.82, 2.24) is 0 Å². The molecule has 0 atom stereocenters. The van der Waals surface area contributed by atoms with Crippen LogP contribution >= 0.6 is 0 Å². The van der Waals surface area contributed by atoms with Crippen LogP contribution in [0.2, 0.25) is 19.6 Å². The van der Waals surface area contributed by atoms with Gasteiger partial charge >= 0.3 is 17.1 Å². The topological polar surface area (TPSA) is 0 Å². The summed E-state index contributed by atoms with van der Waals surface area (Å²) in [7, 11) is -1.28. The van der Waals surface area contributed by atoms with E-state index in [1.165, 1.54) is 44.3 Å². The van der Waals surface area contributed by atoms with E-state index in [-0.39, 0.29) is 17.1 Å². The third-order valence-electron chi connectivity index (χ3n) is 6.87. The Hall–Kier alpha value is -1.99. The molecular formula is C31H40B2FeSi. The van der Waals surface area contributed by atoms with Crippen molar-refractivity contribution >= 4 is 25.8 Å². The first-order valence-corrected chi connectivity index (χ1v) is 16.0. The fourth-order valence-electron chi connectivity index (χ4n) is 5.60. The first kappa shape index (κ1) is 29.2. The van der Waals surface area contributed by atoms with E-state index in [0.29, 0.717) is 12.7 Å². The number of hydrogen-bond donors (Lipinski definition) is 0. The van der Waals surface area contributed by atoms with Gasteiger partial charge in [0.25, 0.3) is 0 Å². The maximum Gasteiger partial charge on any atom is 2.00 e. The molecule has 2 aromatic carbocycles. The summed E-state index contributed by atoms with van der Waals surface area (Å²) in [5.41, 5.74) is 11.3. The molecule has 0 N–H and O–H groups in total. The summed E-state index contributed by atoms with van der Waals surface area (Å²) in [6.45, 7) is 20.6. The minimum absolute atomic E-state index is 0.